The fourth-order valence-corrected chi connectivity index (χ4v) is 1.58. The number of ether oxygens (including phenoxy) is 1. The van der Waals surface area contributed by atoms with Crippen LogP contribution < -0.4 is 4.74 Å². The molecule has 0 aromatic heterocycles. The smallest absolute Gasteiger partial charge is 0.235 e. The van der Waals surface area contributed by atoms with E-state index in [1.807, 2.05) is 12.1 Å². The minimum Gasteiger partial charge on any atom is -0.439 e. The fourth-order valence-electron chi connectivity index (χ4n) is 1.58. The van der Waals surface area contributed by atoms with Crippen LogP contribution in [0.25, 0.3) is 0 Å². The van der Waals surface area contributed by atoms with Crippen molar-refractivity contribution in [1.29, 1.82) is 0 Å². The molecule has 0 aliphatic carbocycles. The Labute approximate surface area is 83.0 Å². The number of nitrogens with zero attached hydrogens (tertiary/aromatic N) is 1. The molecule has 14 heavy (non-hydrogen) atoms. The first-order valence-electron chi connectivity index (χ1n) is 4.72. The Hall–Kier alpha value is -1.51. The highest BCUT2D eigenvalue weighted by atomic mass is 16.5. The number of benzene rings is 1. The van der Waals surface area contributed by atoms with Crippen molar-refractivity contribution in [3.8, 4) is 5.75 Å². The van der Waals surface area contributed by atoms with Crippen LogP contribution in [0.15, 0.2) is 23.4 Å². The van der Waals surface area contributed by atoms with Crippen LogP contribution in [-0.4, -0.2) is 11.1 Å². The molecule has 0 radical (unpaired) electrons. The molecule has 1 aromatic carbocycles. The Morgan fingerprint density at radius 3 is 2.86 bits per heavy atom. The molecule has 0 saturated heterocycles. The van der Waals surface area contributed by atoms with E-state index in [9.17, 15) is 0 Å². The fraction of sp³-hybridized carbons (Fsp3) is 0.364. The molecule has 1 aliphatic heterocycles. The molecular formula is C11H13NO2. The average molecular weight is 191 g/mol. The summed E-state index contributed by atoms with van der Waals surface area (Å²) in [5, 5.41) is 11.7. The van der Waals surface area contributed by atoms with Crippen LogP contribution in [0.5, 0.6) is 5.75 Å². The molecule has 0 bridgehead atoms. The monoisotopic (exact) mass is 191 g/mol. The molecule has 74 valence electrons. The van der Waals surface area contributed by atoms with Crippen LogP contribution in [0.2, 0.25) is 0 Å². The highest BCUT2D eigenvalue weighted by Gasteiger charge is 2.19. The first-order valence-corrected chi connectivity index (χ1v) is 4.72. The molecule has 3 nitrogen and oxygen atoms in total. The zero-order chi connectivity index (χ0) is 10.1. The predicted molar refractivity (Wildman–Crippen MR) is 54.1 cm³/mol. The van der Waals surface area contributed by atoms with Crippen LogP contribution in [-0.2, 0) is 6.42 Å². The van der Waals surface area contributed by atoms with Crippen molar-refractivity contribution < 1.29 is 9.94 Å². The maximum atomic E-state index is 8.58. The minimum atomic E-state index is 0.376. The molecule has 2 rings (SSSR count). The molecule has 1 aliphatic rings. The van der Waals surface area contributed by atoms with Gasteiger partial charge < -0.3 is 9.94 Å². The summed E-state index contributed by atoms with van der Waals surface area (Å²) in [6.07, 6.45) is 0.590. The van der Waals surface area contributed by atoms with Gasteiger partial charge in [0.15, 0.2) is 0 Å². The van der Waals surface area contributed by atoms with Crippen molar-refractivity contribution in [2.45, 2.75) is 26.2 Å². The topological polar surface area (TPSA) is 41.8 Å². The molecule has 0 fully saturated rings. The van der Waals surface area contributed by atoms with E-state index in [2.05, 4.69) is 25.1 Å². The van der Waals surface area contributed by atoms with Crippen LogP contribution in [0.3, 0.4) is 0 Å². The Kier molecular flexibility index (Phi) is 2.15. The van der Waals surface area contributed by atoms with Gasteiger partial charge in [-0.05, 0) is 17.5 Å². The molecule has 0 atom stereocenters. The second kappa shape index (κ2) is 3.33. The standard InChI is InChI=1S/C11H13NO2/c1-7(2)8-3-4-10-9(5-8)6-11(12-13)14-10/h3-5,7,13H,6H2,1-2H3. The van der Waals surface area contributed by atoms with Crippen LogP contribution in [0.1, 0.15) is 30.9 Å². The lowest BCUT2D eigenvalue weighted by molar-refractivity contribution is 0.304. The molecule has 1 heterocycles. The summed E-state index contributed by atoms with van der Waals surface area (Å²) in [5.41, 5.74) is 2.38. The number of rotatable bonds is 1. The second-order valence-electron chi connectivity index (χ2n) is 3.79. The normalized spacial score (nSPS) is 17.2. The highest BCUT2D eigenvalue weighted by Crippen LogP contribution is 2.29. The first-order chi connectivity index (χ1) is 6.70. The van der Waals surface area contributed by atoms with Crippen molar-refractivity contribution in [1.82, 2.24) is 0 Å². The second-order valence-corrected chi connectivity index (χ2v) is 3.79. The van der Waals surface area contributed by atoms with Gasteiger partial charge in [-0.25, -0.2) is 0 Å². The SMILES string of the molecule is CC(C)c1ccc2c(c1)CC(=NO)O2. The number of fused-ring (bicyclic) bond motifs is 1. The van der Waals surface area contributed by atoms with E-state index < -0.39 is 0 Å². The summed E-state index contributed by atoms with van der Waals surface area (Å²) in [4.78, 5) is 0. The minimum absolute atomic E-state index is 0.376. The highest BCUT2D eigenvalue weighted by molar-refractivity contribution is 5.85. The van der Waals surface area contributed by atoms with E-state index in [0.29, 0.717) is 18.2 Å². The quantitative estimate of drug-likeness (QED) is 0.547. The maximum Gasteiger partial charge on any atom is 0.235 e. The van der Waals surface area contributed by atoms with Crippen LogP contribution in [0.4, 0.5) is 0 Å². The van der Waals surface area contributed by atoms with Crippen LogP contribution in [0, 0.1) is 0 Å². The van der Waals surface area contributed by atoms with Gasteiger partial charge >= 0.3 is 0 Å². The van der Waals surface area contributed by atoms with Crippen molar-refractivity contribution >= 4 is 5.90 Å². The summed E-state index contributed by atoms with van der Waals surface area (Å²) >= 11 is 0. The van der Waals surface area contributed by atoms with E-state index in [-0.39, 0.29) is 0 Å². The molecule has 0 amide bonds. The van der Waals surface area contributed by atoms with E-state index in [1.54, 1.807) is 0 Å². The largest absolute Gasteiger partial charge is 0.439 e. The van der Waals surface area contributed by atoms with Gasteiger partial charge in [0.2, 0.25) is 5.90 Å². The maximum absolute atomic E-state index is 8.58. The van der Waals surface area contributed by atoms with Crippen molar-refractivity contribution in [3.05, 3.63) is 29.3 Å². The lowest BCUT2D eigenvalue weighted by Crippen LogP contribution is -2.01. The van der Waals surface area contributed by atoms with E-state index in [0.717, 1.165) is 11.3 Å². The summed E-state index contributed by atoms with van der Waals surface area (Å²) in [7, 11) is 0. The molecule has 0 spiro atoms. The first kappa shape index (κ1) is 9.06. The van der Waals surface area contributed by atoms with Gasteiger partial charge in [0, 0.05) is 5.56 Å². The molecule has 3 heteroatoms. The van der Waals surface area contributed by atoms with Crippen molar-refractivity contribution in [2.24, 2.45) is 5.16 Å². The van der Waals surface area contributed by atoms with Gasteiger partial charge in [0.25, 0.3) is 0 Å². The third kappa shape index (κ3) is 1.45. The lowest BCUT2D eigenvalue weighted by Gasteiger charge is -2.05. The van der Waals surface area contributed by atoms with Gasteiger partial charge in [-0.3, -0.25) is 0 Å². The Balaban J connectivity index is 2.35. The summed E-state index contributed by atoms with van der Waals surface area (Å²) in [6, 6.07) is 6.09. The molecule has 0 unspecified atom stereocenters. The summed E-state index contributed by atoms with van der Waals surface area (Å²) in [6.45, 7) is 4.30. The van der Waals surface area contributed by atoms with E-state index in [4.69, 9.17) is 9.94 Å². The molecule has 0 saturated carbocycles. The van der Waals surface area contributed by atoms with E-state index in [1.165, 1.54) is 5.56 Å². The summed E-state index contributed by atoms with van der Waals surface area (Å²) < 4.78 is 5.29. The third-order valence-corrected chi connectivity index (χ3v) is 2.43. The molecule has 1 N–H and O–H groups in total. The van der Waals surface area contributed by atoms with Gasteiger partial charge in [-0.15, -0.1) is 0 Å². The average Bonchev–Trinajstić information content (AvgIpc) is 2.58. The zero-order valence-electron chi connectivity index (χ0n) is 8.32. The zero-order valence-corrected chi connectivity index (χ0v) is 8.32. The van der Waals surface area contributed by atoms with E-state index >= 15 is 0 Å². The number of hydrogen-bond donors (Lipinski definition) is 1. The lowest BCUT2D eigenvalue weighted by atomic mass is 10.00. The Morgan fingerprint density at radius 1 is 1.43 bits per heavy atom. The third-order valence-electron chi connectivity index (χ3n) is 2.43. The van der Waals surface area contributed by atoms with Gasteiger partial charge in [0.05, 0.1) is 6.42 Å². The van der Waals surface area contributed by atoms with Gasteiger partial charge in [0.1, 0.15) is 5.75 Å². The van der Waals surface area contributed by atoms with Gasteiger partial charge in [-0.1, -0.05) is 31.1 Å². The van der Waals surface area contributed by atoms with Crippen LogP contribution >= 0.6 is 0 Å². The van der Waals surface area contributed by atoms with Gasteiger partial charge in [-0.2, -0.15) is 0 Å². The number of oxime groups is 1. The summed E-state index contributed by atoms with van der Waals surface area (Å²) in [5.74, 6) is 1.69. The Bertz CT molecular complexity index is 383. The van der Waals surface area contributed by atoms with Crippen molar-refractivity contribution in [3.63, 3.8) is 0 Å². The molecular weight excluding hydrogens is 178 g/mol. The molecule has 1 aromatic rings. The van der Waals surface area contributed by atoms with Crippen molar-refractivity contribution in [2.75, 3.05) is 0 Å². The Morgan fingerprint density at radius 2 is 2.21 bits per heavy atom. The predicted octanol–water partition coefficient (Wildman–Crippen LogP) is 2.53. The number of hydrogen-bond acceptors (Lipinski definition) is 3.